The van der Waals surface area contributed by atoms with Gasteiger partial charge in [-0.3, -0.25) is 0 Å². The molecule has 1 saturated heterocycles. The van der Waals surface area contributed by atoms with Crippen LogP contribution in [-0.4, -0.2) is 28.6 Å². The molecule has 1 aromatic carbocycles. The first kappa shape index (κ1) is 15.1. The highest BCUT2D eigenvalue weighted by molar-refractivity contribution is 7.89. The Kier molecular flexibility index (Phi) is 4.55. The van der Waals surface area contributed by atoms with E-state index in [0.717, 1.165) is 18.8 Å². The number of benzene rings is 1. The van der Waals surface area contributed by atoms with Crippen LogP contribution < -0.4 is 15.4 Å². The molecule has 2 rings (SSSR count). The lowest BCUT2D eigenvalue weighted by Crippen LogP contribution is -2.35. The Morgan fingerprint density at radius 1 is 1.45 bits per heavy atom. The molecule has 1 fully saturated rings. The van der Waals surface area contributed by atoms with Crippen molar-refractivity contribution in [1.29, 1.82) is 0 Å². The van der Waals surface area contributed by atoms with Crippen LogP contribution in [0.2, 0.25) is 0 Å². The van der Waals surface area contributed by atoms with E-state index < -0.39 is 10.0 Å². The predicted molar refractivity (Wildman–Crippen MR) is 82.3 cm³/mol. The molecule has 5 nitrogen and oxygen atoms in total. The fourth-order valence-electron chi connectivity index (χ4n) is 2.72. The molecule has 0 amide bonds. The fraction of sp³-hybridized carbons (Fsp3) is 0.571. The molecule has 1 unspecified atom stereocenters. The summed E-state index contributed by atoms with van der Waals surface area (Å²) in [5.41, 5.74) is 7.22. The smallest absolute Gasteiger partial charge is 0.242 e. The first-order chi connectivity index (χ1) is 9.47. The van der Waals surface area contributed by atoms with E-state index in [1.165, 1.54) is 26.3 Å². The highest BCUT2D eigenvalue weighted by atomic mass is 32.2. The minimum Gasteiger partial charge on any atom is -0.398 e. The zero-order valence-electron chi connectivity index (χ0n) is 12.1. The minimum absolute atomic E-state index is 0.146. The Morgan fingerprint density at radius 3 is 2.80 bits per heavy atom. The third-order valence-electron chi connectivity index (χ3n) is 4.01. The monoisotopic (exact) mass is 297 g/mol. The third kappa shape index (κ3) is 3.07. The van der Waals surface area contributed by atoms with Gasteiger partial charge in [0.15, 0.2) is 0 Å². The minimum atomic E-state index is -3.49. The van der Waals surface area contributed by atoms with Crippen LogP contribution in [0.5, 0.6) is 0 Å². The molecular weight excluding hydrogens is 274 g/mol. The largest absolute Gasteiger partial charge is 0.398 e. The molecule has 0 aliphatic carbocycles. The van der Waals surface area contributed by atoms with Gasteiger partial charge in [0.2, 0.25) is 10.0 Å². The van der Waals surface area contributed by atoms with Crippen molar-refractivity contribution in [3.63, 3.8) is 0 Å². The number of piperidine rings is 1. The molecule has 3 N–H and O–H groups in total. The maximum absolute atomic E-state index is 11.8. The van der Waals surface area contributed by atoms with Crippen LogP contribution >= 0.6 is 0 Å². The molecule has 1 aromatic rings. The lowest BCUT2D eigenvalue weighted by molar-refractivity contribution is 0.405. The summed E-state index contributed by atoms with van der Waals surface area (Å²) in [4.78, 5) is 2.44. The molecule has 1 atom stereocenters. The third-order valence-corrected chi connectivity index (χ3v) is 5.50. The predicted octanol–water partition coefficient (Wildman–Crippen LogP) is 1.80. The first-order valence-electron chi connectivity index (χ1n) is 7.06. The summed E-state index contributed by atoms with van der Waals surface area (Å²) < 4.78 is 25.9. The maximum atomic E-state index is 11.8. The van der Waals surface area contributed by atoms with Crippen LogP contribution in [0.3, 0.4) is 0 Å². The SMILES string of the molecule is CCC1CCCN(c2ccc(S(=O)(=O)NC)c(N)c2)C1. The molecule has 6 heteroatoms. The second-order valence-electron chi connectivity index (χ2n) is 5.29. The summed E-state index contributed by atoms with van der Waals surface area (Å²) in [6.45, 7) is 4.24. The molecule has 0 saturated carbocycles. The van der Waals surface area contributed by atoms with Crippen molar-refractivity contribution < 1.29 is 8.42 Å². The number of sulfonamides is 1. The van der Waals surface area contributed by atoms with Crippen molar-refractivity contribution in [2.75, 3.05) is 30.8 Å². The number of hydrogen-bond donors (Lipinski definition) is 2. The average molecular weight is 297 g/mol. The van der Waals surface area contributed by atoms with Gasteiger partial charge in [-0.05, 0) is 44.0 Å². The fourth-order valence-corrected chi connectivity index (χ4v) is 3.56. The van der Waals surface area contributed by atoms with Gasteiger partial charge < -0.3 is 10.6 Å². The van der Waals surface area contributed by atoms with E-state index >= 15 is 0 Å². The number of nitrogens with zero attached hydrogens (tertiary/aromatic N) is 1. The molecule has 112 valence electrons. The van der Waals surface area contributed by atoms with Crippen LogP contribution in [0.4, 0.5) is 11.4 Å². The van der Waals surface area contributed by atoms with Crippen molar-refractivity contribution in [2.24, 2.45) is 5.92 Å². The number of nitrogen functional groups attached to an aromatic ring is 1. The number of rotatable bonds is 4. The number of hydrogen-bond acceptors (Lipinski definition) is 4. The Labute approximate surface area is 121 Å². The Bertz CT molecular complexity index is 572. The van der Waals surface area contributed by atoms with E-state index in [9.17, 15) is 8.42 Å². The Hall–Kier alpha value is -1.27. The van der Waals surface area contributed by atoms with Crippen LogP contribution in [-0.2, 0) is 10.0 Å². The van der Waals surface area contributed by atoms with Crippen LogP contribution in [0.15, 0.2) is 23.1 Å². The molecule has 0 aromatic heterocycles. The van der Waals surface area contributed by atoms with Gasteiger partial charge >= 0.3 is 0 Å². The highest BCUT2D eigenvalue weighted by Crippen LogP contribution is 2.29. The molecule has 1 aliphatic rings. The van der Waals surface area contributed by atoms with Gasteiger partial charge in [-0.1, -0.05) is 13.3 Å². The van der Waals surface area contributed by atoms with Gasteiger partial charge in [-0.15, -0.1) is 0 Å². The second-order valence-corrected chi connectivity index (χ2v) is 7.15. The number of nitrogens with one attached hydrogen (secondary N) is 1. The molecule has 1 aliphatic heterocycles. The van der Waals surface area contributed by atoms with Crippen molar-refractivity contribution in [1.82, 2.24) is 4.72 Å². The summed E-state index contributed by atoms with van der Waals surface area (Å²) >= 11 is 0. The number of anilines is 2. The van der Waals surface area contributed by atoms with E-state index in [4.69, 9.17) is 5.73 Å². The van der Waals surface area contributed by atoms with E-state index in [1.807, 2.05) is 6.07 Å². The molecule has 0 bridgehead atoms. The van der Waals surface area contributed by atoms with E-state index in [-0.39, 0.29) is 4.90 Å². The van der Waals surface area contributed by atoms with Gasteiger partial charge in [0.25, 0.3) is 0 Å². The summed E-state index contributed by atoms with van der Waals surface area (Å²) in [5, 5.41) is 0. The summed E-state index contributed by atoms with van der Waals surface area (Å²) in [7, 11) is -2.10. The van der Waals surface area contributed by atoms with E-state index in [1.54, 1.807) is 12.1 Å². The lowest BCUT2D eigenvalue weighted by Gasteiger charge is -2.34. The second kappa shape index (κ2) is 6.01. The van der Waals surface area contributed by atoms with E-state index in [0.29, 0.717) is 11.6 Å². The van der Waals surface area contributed by atoms with Gasteiger partial charge in [-0.2, -0.15) is 0 Å². The average Bonchev–Trinajstić information content (AvgIpc) is 2.47. The van der Waals surface area contributed by atoms with Gasteiger partial charge in [0.05, 0.1) is 5.69 Å². The molecule has 0 spiro atoms. The topological polar surface area (TPSA) is 75.4 Å². The van der Waals surface area contributed by atoms with Crippen molar-refractivity contribution in [2.45, 2.75) is 31.1 Å². The van der Waals surface area contributed by atoms with Gasteiger partial charge in [0.1, 0.15) is 4.90 Å². The van der Waals surface area contributed by atoms with E-state index in [2.05, 4.69) is 16.5 Å². The van der Waals surface area contributed by atoms with Crippen molar-refractivity contribution in [3.8, 4) is 0 Å². The molecular formula is C14H23N3O2S. The highest BCUT2D eigenvalue weighted by Gasteiger charge is 2.21. The summed E-state index contributed by atoms with van der Waals surface area (Å²) in [6, 6.07) is 5.20. The van der Waals surface area contributed by atoms with Crippen LogP contribution in [0, 0.1) is 5.92 Å². The normalized spacial score (nSPS) is 20.1. The van der Waals surface area contributed by atoms with Crippen LogP contribution in [0.1, 0.15) is 26.2 Å². The van der Waals surface area contributed by atoms with Gasteiger partial charge in [-0.25, -0.2) is 13.1 Å². The standard InChI is InChI=1S/C14H23N3O2S/c1-3-11-5-4-8-17(10-11)12-6-7-14(13(15)9-12)20(18,19)16-2/h6-7,9,11,16H,3-5,8,10,15H2,1-2H3. The Balaban J connectivity index is 2.25. The summed E-state index contributed by atoms with van der Waals surface area (Å²) in [5.74, 6) is 0.714. The summed E-state index contributed by atoms with van der Waals surface area (Å²) in [6.07, 6.45) is 3.63. The zero-order chi connectivity index (χ0) is 14.8. The lowest BCUT2D eigenvalue weighted by atomic mass is 9.95. The van der Waals surface area contributed by atoms with Crippen molar-refractivity contribution in [3.05, 3.63) is 18.2 Å². The maximum Gasteiger partial charge on any atom is 0.242 e. The zero-order valence-corrected chi connectivity index (χ0v) is 12.9. The van der Waals surface area contributed by atoms with Gasteiger partial charge in [0, 0.05) is 18.8 Å². The van der Waals surface area contributed by atoms with Crippen molar-refractivity contribution >= 4 is 21.4 Å². The molecule has 0 radical (unpaired) electrons. The first-order valence-corrected chi connectivity index (χ1v) is 8.54. The molecule has 1 heterocycles. The number of nitrogens with two attached hydrogens (primary N) is 1. The molecule has 20 heavy (non-hydrogen) atoms. The van der Waals surface area contributed by atoms with Crippen LogP contribution in [0.25, 0.3) is 0 Å². The Morgan fingerprint density at radius 2 is 2.20 bits per heavy atom. The quantitative estimate of drug-likeness (QED) is 0.831.